The molecule has 0 saturated carbocycles. The van der Waals surface area contributed by atoms with Gasteiger partial charge in [0, 0.05) is 6.20 Å². The Hall–Kier alpha value is -1.94. The third kappa shape index (κ3) is 4.20. The van der Waals surface area contributed by atoms with Gasteiger partial charge in [-0.25, -0.2) is 13.1 Å². The molecule has 1 heterocycles. The molecule has 4 N–H and O–H groups in total. The highest BCUT2D eigenvalue weighted by atomic mass is 32.2. The summed E-state index contributed by atoms with van der Waals surface area (Å²) in [6.07, 6.45) is 2.23. The summed E-state index contributed by atoms with van der Waals surface area (Å²) in [5.41, 5.74) is 0. The zero-order valence-corrected chi connectivity index (χ0v) is 9.32. The summed E-state index contributed by atoms with van der Waals surface area (Å²) in [5, 5.41) is 16.1. The minimum atomic E-state index is -3.80. The molecule has 0 aliphatic rings. The quantitative estimate of drug-likeness (QED) is 0.462. The summed E-state index contributed by atoms with van der Waals surface area (Å²) in [4.78, 5) is 21.1. The number of carbonyl (C=O) groups excluding carboxylic acids is 1. The van der Waals surface area contributed by atoms with Gasteiger partial charge in [0.25, 0.3) is 0 Å². The lowest BCUT2D eigenvalue weighted by Gasteiger charge is -2.04. The summed E-state index contributed by atoms with van der Waals surface area (Å²) in [5.74, 6) is -1.95. The van der Waals surface area contributed by atoms with Gasteiger partial charge in [0.2, 0.25) is 15.9 Å². The Morgan fingerprint density at radius 3 is 2.65 bits per heavy atom. The van der Waals surface area contributed by atoms with Gasteiger partial charge in [-0.05, 0) is 0 Å². The van der Waals surface area contributed by atoms with E-state index in [1.807, 2.05) is 10.0 Å². The number of aliphatic carboxylic acids is 1. The number of sulfonamides is 1. The number of nitrogens with zero attached hydrogens (tertiary/aromatic N) is 1. The fraction of sp³-hybridized carbons (Fsp3) is 0.286. The number of carboxylic acids is 1. The smallest absolute Gasteiger partial charge is 0.322 e. The van der Waals surface area contributed by atoms with Crippen LogP contribution >= 0.6 is 0 Å². The summed E-state index contributed by atoms with van der Waals surface area (Å²) in [7, 11) is -3.80. The number of H-pyrrole nitrogens is 1. The highest BCUT2D eigenvalue weighted by Crippen LogP contribution is 2.02. The van der Waals surface area contributed by atoms with Crippen LogP contribution in [0.2, 0.25) is 0 Å². The van der Waals surface area contributed by atoms with E-state index in [4.69, 9.17) is 5.11 Å². The van der Waals surface area contributed by atoms with E-state index in [1.54, 1.807) is 0 Å². The fourth-order valence-electron chi connectivity index (χ4n) is 0.867. The SMILES string of the molecule is O=C(O)CNC(=O)CNS(=O)(=O)c1cn[nH]c1. The zero-order valence-electron chi connectivity index (χ0n) is 8.50. The Balaban J connectivity index is 2.46. The van der Waals surface area contributed by atoms with Gasteiger partial charge in [0.15, 0.2) is 0 Å². The molecule has 0 atom stereocenters. The second-order valence-corrected chi connectivity index (χ2v) is 4.70. The topological polar surface area (TPSA) is 141 Å². The molecule has 1 aromatic rings. The van der Waals surface area contributed by atoms with E-state index in [0.29, 0.717) is 0 Å². The standard InChI is InChI=1S/C7H10N4O5S/c12-6(8-4-7(13)14)3-11-17(15,16)5-1-9-10-2-5/h1-2,11H,3-4H2,(H,8,12)(H,9,10)(H,13,14). The van der Waals surface area contributed by atoms with Crippen LogP contribution in [-0.2, 0) is 19.6 Å². The van der Waals surface area contributed by atoms with Crippen molar-refractivity contribution in [3.8, 4) is 0 Å². The molecule has 0 radical (unpaired) electrons. The van der Waals surface area contributed by atoms with Gasteiger partial charge in [0.05, 0.1) is 12.7 Å². The number of aromatic nitrogens is 2. The first-order valence-corrected chi connectivity index (χ1v) is 5.87. The maximum atomic E-state index is 11.5. The summed E-state index contributed by atoms with van der Waals surface area (Å²) >= 11 is 0. The molecule has 9 nitrogen and oxygen atoms in total. The monoisotopic (exact) mass is 262 g/mol. The van der Waals surface area contributed by atoms with Crippen LogP contribution < -0.4 is 10.0 Å². The Morgan fingerprint density at radius 2 is 2.12 bits per heavy atom. The van der Waals surface area contributed by atoms with Crippen LogP contribution in [0.5, 0.6) is 0 Å². The van der Waals surface area contributed by atoms with E-state index in [-0.39, 0.29) is 4.90 Å². The first kappa shape index (κ1) is 13.1. The predicted molar refractivity (Wildman–Crippen MR) is 54.4 cm³/mol. The third-order valence-electron chi connectivity index (χ3n) is 1.64. The average Bonchev–Trinajstić information content (AvgIpc) is 2.77. The van der Waals surface area contributed by atoms with Crippen LogP contribution in [0, 0.1) is 0 Å². The Kier molecular flexibility index (Phi) is 4.17. The number of carboxylic acid groups (broad SMARTS) is 1. The van der Waals surface area contributed by atoms with E-state index >= 15 is 0 Å². The van der Waals surface area contributed by atoms with E-state index in [9.17, 15) is 18.0 Å². The number of nitrogens with one attached hydrogen (secondary N) is 3. The molecule has 0 fully saturated rings. The maximum absolute atomic E-state index is 11.5. The molecule has 1 aromatic heterocycles. The molecule has 0 spiro atoms. The van der Waals surface area contributed by atoms with Crippen molar-refractivity contribution in [2.75, 3.05) is 13.1 Å². The van der Waals surface area contributed by atoms with Crippen molar-refractivity contribution in [2.24, 2.45) is 0 Å². The second kappa shape index (κ2) is 5.41. The number of amides is 1. The van der Waals surface area contributed by atoms with Gasteiger partial charge < -0.3 is 10.4 Å². The average molecular weight is 262 g/mol. The lowest BCUT2D eigenvalue weighted by atomic mass is 10.5. The van der Waals surface area contributed by atoms with Crippen LogP contribution in [0.25, 0.3) is 0 Å². The minimum absolute atomic E-state index is 0.108. The van der Waals surface area contributed by atoms with E-state index in [1.165, 1.54) is 0 Å². The third-order valence-corrected chi connectivity index (χ3v) is 3.01. The molecule has 0 aliphatic heterocycles. The zero-order chi connectivity index (χ0) is 12.9. The largest absolute Gasteiger partial charge is 0.480 e. The van der Waals surface area contributed by atoms with Gasteiger partial charge >= 0.3 is 5.97 Å². The normalized spacial score (nSPS) is 11.1. The number of carbonyl (C=O) groups is 2. The Morgan fingerprint density at radius 1 is 1.41 bits per heavy atom. The Labute approximate surface area is 96.3 Å². The van der Waals surface area contributed by atoms with Crippen molar-refractivity contribution in [3.63, 3.8) is 0 Å². The van der Waals surface area contributed by atoms with Crippen molar-refractivity contribution < 1.29 is 23.1 Å². The molecule has 0 aromatic carbocycles. The van der Waals surface area contributed by atoms with Gasteiger partial charge in [0.1, 0.15) is 11.4 Å². The summed E-state index contributed by atoms with van der Waals surface area (Å²) in [6.45, 7) is -1.10. The van der Waals surface area contributed by atoms with Crippen LogP contribution in [0.1, 0.15) is 0 Å². The van der Waals surface area contributed by atoms with Crippen LogP contribution in [-0.4, -0.2) is 48.7 Å². The number of rotatable bonds is 6. The van der Waals surface area contributed by atoms with Crippen LogP contribution in [0.4, 0.5) is 0 Å². The van der Waals surface area contributed by atoms with Crippen LogP contribution in [0.3, 0.4) is 0 Å². The first-order valence-electron chi connectivity index (χ1n) is 4.39. The molecule has 0 unspecified atom stereocenters. The molecular weight excluding hydrogens is 252 g/mol. The van der Waals surface area contributed by atoms with E-state index < -0.39 is 35.0 Å². The van der Waals surface area contributed by atoms with Gasteiger partial charge in [-0.3, -0.25) is 14.7 Å². The van der Waals surface area contributed by atoms with Crippen molar-refractivity contribution in [1.29, 1.82) is 0 Å². The molecule has 0 saturated heterocycles. The fourth-order valence-corrected chi connectivity index (χ4v) is 1.75. The maximum Gasteiger partial charge on any atom is 0.322 e. The van der Waals surface area contributed by atoms with Gasteiger partial charge in [-0.1, -0.05) is 0 Å². The molecule has 0 aliphatic carbocycles. The number of hydrogen-bond acceptors (Lipinski definition) is 5. The van der Waals surface area contributed by atoms with E-state index in [2.05, 4.69) is 10.2 Å². The second-order valence-electron chi connectivity index (χ2n) is 2.93. The molecule has 0 bridgehead atoms. The van der Waals surface area contributed by atoms with E-state index in [0.717, 1.165) is 12.4 Å². The van der Waals surface area contributed by atoms with Crippen molar-refractivity contribution in [2.45, 2.75) is 4.90 Å². The lowest BCUT2D eigenvalue weighted by Crippen LogP contribution is -2.38. The molecule has 1 rings (SSSR count). The molecule has 17 heavy (non-hydrogen) atoms. The van der Waals surface area contributed by atoms with Crippen molar-refractivity contribution >= 4 is 21.9 Å². The minimum Gasteiger partial charge on any atom is -0.480 e. The number of hydrogen-bond donors (Lipinski definition) is 4. The van der Waals surface area contributed by atoms with Crippen molar-refractivity contribution in [1.82, 2.24) is 20.2 Å². The van der Waals surface area contributed by atoms with Gasteiger partial charge in [-0.2, -0.15) is 5.10 Å². The molecular formula is C7H10N4O5S. The highest BCUT2D eigenvalue weighted by molar-refractivity contribution is 7.89. The van der Waals surface area contributed by atoms with Gasteiger partial charge in [-0.15, -0.1) is 0 Å². The summed E-state index contributed by atoms with van der Waals surface area (Å²) < 4.78 is 24.9. The predicted octanol–water partition coefficient (Wildman–Crippen LogP) is -2.11. The Bertz CT molecular complexity index is 494. The lowest BCUT2D eigenvalue weighted by molar-refractivity contribution is -0.137. The summed E-state index contributed by atoms with van der Waals surface area (Å²) in [6, 6.07) is 0. The number of aromatic amines is 1. The molecule has 10 heteroatoms. The van der Waals surface area contributed by atoms with Crippen LogP contribution in [0.15, 0.2) is 17.3 Å². The highest BCUT2D eigenvalue weighted by Gasteiger charge is 2.16. The first-order chi connectivity index (χ1) is 7.92. The molecule has 94 valence electrons. The van der Waals surface area contributed by atoms with Crippen molar-refractivity contribution in [3.05, 3.63) is 12.4 Å². The molecule has 1 amide bonds.